The van der Waals surface area contributed by atoms with Gasteiger partial charge in [-0.25, -0.2) is 0 Å². The normalized spacial score (nSPS) is 25.8. The Morgan fingerprint density at radius 1 is 1.12 bits per heavy atom. The maximum absolute atomic E-state index is 6.58. The molecule has 1 aliphatic heterocycles. The van der Waals surface area contributed by atoms with Crippen molar-refractivity contribution in [1.29, 1.82) is 0 Å². The zero-order valence-corrected chi connectivity index (χ0v) is 12.7. The van der Waals surface area contributed by atoms with Crippen LogP contribution in [0.5, 0.6) is 0 Å². The molecule has 1 rings (SSSR count). The van der Waals surface area contributed by atoms with Crippen LogP contribution in [0.25, 0.3) is 0 Å². The van der Waals surface area contributed by atoms with Crippen molar-refractivity contribution in [3.63, 3.8) is 0 Å². The van der Waals surface area contributed by atoms with E-state index in [1.807, 2.05) is 18.2 Å². The van der Waals surface area contributed by atoms with Crippen LogP contribution in [-0.2, 0) is 0 Å². The van der Waals surface area contributed by atoms with Gasteiger partial charge in [-0.05, 0) is 30.4 Å². The quantitative estimate of drug-likeness (QED) is 0.631. The molecule has 0 fully saturated rings. The Bertz CT molecular complexity index is 333. The molecule has 0 saturated carbocycles. The van der Waals surface area contributed by atoms with Crippen molar-refractivity contribution < 1.29 is 0 Å². The third-order valence-electron chi connectivity index (χ3n) is 2.68. The van der Waals surface area contributed by atoms with Crippen LogP contribution in [0.1, 0.15) is 41.5 Å². The third-order valence-corrected chi connectivity index (χ3v) is 6.37. The third kappa shape index (κ3) is 3.23. The van der Waals surface area contributed by atoms with Crippen LogP contribution >= 0.6 is 7.92 Å². The smallest absolute Gasteiger partial charge is 0.127 e. The maximum atomic E-state index is 6.58. The van der Waals surface area contributed by atoms with E-state index in [0.717, 1.165) is 0 Å². The van der Waals surface area contributed by atoms with Crippen LogP contribution in [0.3, 0.4) is 0 Å². The first-order valence-corrected chi connectivity index (χ1v) is 7.33. The van der Waals surface area contributed by atoms with Crippen molar-refractivity contribution >= 4 is 7.92 Å². The van der Waals surface area contributed by atoms with E-state index in [1.54, 1.807) is 0 Å². The van der Waals surface area contributed by atoms with Gasteiger partial charge >= 0.3 is 0 Å². The summed E-state index contributed by atoms with van der Waals surface area (Å²) in [5.41, 5.74) is 12.4. The standard InChI is InChI=1S/C13H26N3P/c1-11(2,3)17(12(4,5)6)13(15)9-7-8-10(14)16-13/h7-9,16H,14-15H2,1-6H3. The van der Waals surface area contributed by atoms with Crippen molar-refractivity contribution in [3.05, 3.63) is 24.0 Å². The number of hydrogen-bond donors (Lipinski definition) is 3. The van der Waals surface area contributed by atoms with Crippen molar-refractivity contribution in [3.8, 4) is 0 Å². The Labute approximate surface area is 106 Å². The summed E-state index contributed by atoms with van der Waals surface area (Å²) in [5.74, 6) is 0.649. The van der Waals surface area contributed by atoms with Gasteiger partial charge in [0.15, 0.2) is 0 Å². The van der Waals surface area contributed by atoms with E-state index in [1.165, 1.54) is 0 Å². The molecule has 17 heavy (non-hydrogen) atoms. The summed E-state index contributed by atoms with van der Waals surface area (Å²) in [4.78, 5) is 0. The summed E-state index contributed by atoms with van der Waals surface area (Å²) in [5, 5.41) is 3.04. The fraction of sp³-hybridized carbons (Fsp3) is 0.692. The molecule has 0 spiro atoms. The monoisotopic (exact) mass is 255 g/mol. The minimum absolute atomic E-state index is 0.150. The van der Waals surface area contributed by atoms with E-state index in [9.17, 15) is 0 Å². The highest BCUT2D eigenvalue weighted by Crippen LogP contribution is 2.65. The molecule has 1 aliphatic rings. The van der Waals surface area contributed by atoms with Crippen molar-refractivity contribution in [1.82, 2.24) is 5.32 Å². The lowest BCUT2D eigenvalue weighted by atomic mass is 10.2. The summed E-state index contributed by atoms with van der Waals surface area (Å²) < 4.78 is 0. The van der Waals surface area contributed by atoms with Gasteiger partial charge in [-0.15, -0.1) is 0 Å². The molecule has 5 N–H and O–H groups in total. The Morgan fingerprint density at radius 3 is 1.94 bits per heavy atom. The number of nitrogens with one attached hydrogen (secondary N) is 1. The highest BCUT2D eigenvalue weighted by molar-refractivity contribution is 7.62. The SMILES string of the molecule is CC(C)(C)P(C(C)(C)C)C1(N)C=CC=C(N)N1. The molecule has 1 unspecified atom stereocenters. The molecule has 0 aromatic heterocycles. The highest BCUT2D eigenvalue weighted by atomic mass is 31.1. The Balaban J connectivity index is 3.17. The van der Waals surface area contributed by atoms with Gasteiger partial charge in [-0.3, -0.25) is 0 Å². The average molecular weight is 255 g/mol. The number of hydrogen-bond acceptors (Lipinski definition) is 3. The fourth-order valence-electron chi connectivity index (χ4n) is 2.86. The predicted octanol–water partition coefficient (Wildman–Crippen LogP) is 2.64. The summed E-state index contributed by atoms with van der Waals surface area (Å²) in [6, 6.07) is 0. The van der Waals surface area contributed by atoms with E-state index in [4.69, 9.17) is 11.5 Å². The molecular formula is C13H26N3P. The highest BCUT2D eigenvalue weighted by Gasteiger charge is 2.47. The largest absolute Gasteiger partial charge is 0.385 e. The number of allylic oxidation sites excluding steroid dienone is 2. The minimum Gasteiger partial charge on any atom is -0.385 e. The second-order valence-electron chi connectivity index (χ2n) is 6.61. The minimum atomic E-state index is -0.523. The predicted molar refractivity (Wildman–Crippen MR) is 77.9 cm³/mol. The van der Waals surface area contributed by atoms with E-state index < -0.39 is 13.3 Å². The van der Waals surface area contributed by atoms with Gasteiger partial charge in [-0.2, -0.15) is 0 Å². The maximum Gasteiger partial charge on any atom is 0.127 e. The van der Waals surface area contributed by atoms with Crippen LogP contribution in [0.15, 0.2) is 24.0 Å². The molecule has 0 aromatic carbocycles. The summed E-state index contributed by atoms with van der Waals surface area (Å²) >= 11 is 0. The Kier molecular flexibility index (Phi) is 3.67. The molecule has 0 amide bonds. The van der Waals surface area contributed by atoms with Gasteiger partial charge < -0.3 is 16.8 Å². The van der Waals surface area contributed by atoms with Gasteiger partial charge in [0.2, 0.25) is 0 Å². The van der Waals surface area contributed by atoms with E-state index in [0.29, 0.717) is 5.82 Å². The fourth-order valence-corrected chi connectivity index (χ4v) is 7.57. The lowest BCUT2D eigenvalue weighted by Gasteiger charge is -2.51. The van der Waals surface area contributed by atoms with Crippen LogP contribution in [0.4, 0.5) is 0 Å². The van der Waals surface area contributed by atoms with Gasteiger partial charge in [0, 0.05) is 0 Å². The number of rotatable bonds is 1. The van der Waals surface area contributed by atoms with Gasteiger partial charge in [0.1, 0.15) is 5.40 Å². The topological polar surface area (TPSA) is 64.1 Å². The van der Waals surface area contributed by atoms with Gasteiger partial charge in [0.05, 0.1) is 5.82 Å². The van der Waals surface area contributed by atoms with Crippen molar-refractivity contribution in [2.75, 3.05) is 0 Å². The van der Waals surface area contributed by atoms with Crippen LogP contribution in [-0.4, -0.2) is 15.7 Å². The molecule has 0 aliphatic carbocycles. The Morgan fingerprint density at radius 2 is 1.59 bits per heavy atom. The van der Waals surface area contributed by atoms with Gasteiger partial charge in [-0.1, -0.05) is 47.6 Å². The molecule has 0 radical (unpaired) electrons. The zero-order chi connectivity index (χ0) is 13.5. The molecule has 0 bridgehead atoms. The van der Waals surface area contributed by atoms with Gasteiger partial charge in [0.25, 0.3) is 0 Å². The molecule has 4 heteroatoms. The number of nitrogens with two attached hydrogens (primary N) is 2. The average Bonchev–Trinajstić information content (AvgIpc) is 1.94. The van der Waals surface area contributed by atoms with Crippen LogP contribution in [0, 0.1) is 0 Å². The molecule has 0 aromatic rings. The van der Waals surface area contributed by atoms with Crippen LogP contribution < -0.4 is 16.8 Å². The second kappa shape index (κ2) is 4.29. The first-order chi connectivity index (χ1) is 7.47. The molecule has 1 atom stereocenters. The lowest BCUT2D eigenvalue weighted by molar-refractivity contribution is 0.567. The molecule has 0 saturated heterocycles. The van der Waals surface area contributed by atoms with Crippen LogP contribution in [0.2, 0.25) is 0 Å². The van der Waals surface area contributed by atoms with Crippen molar-refractivity contribution in [2.45, 2.75) is 57.3 Å². The second-order valence-corrected chi connectivity index (χ2v) is 10.7. The first-order valence-electron chi connectivity index (χ1n) is 5.99. The first kappa shape index (κ1) is 14.5. The summed E-state index contributed by atoms with van der Waals surface area (Å²) in [6.07, 6.45) is 5.86. The summed E-state index contributed by atoms with van der Waals surface area (Å²) in [7, 11) is -0.511. The molecule has 1 heterocycles. The molecule has 3 nitrogen and oxygen atoms in total. The van der Waals surface area contributed by atoms with Crippen molar-refractivity contribution in [2.24, 2.45) is 11.5 Å². The Hall–Kier alpha value is -0.530. The molecule has 98 valence electrons. The van der Waals surface area contributed by atoms with E-state index >= 15 is 0 Å². The summed E-state index contributed by atoms with van der Waals surface area (Å²) in [6.45, 7) is 13.5. The lowest BCUT2D eigenvalue weighted by Crippen LogP contribution is -2.57. The molecular weight excluding hydrogens is 229 g/mol. The number of dihydropyridines is 1. The van der Waals surface area contributed by atoms with E-state index in [-0.39, 0.29) is 10.3 Å². The van der Waals surface area contributed by atoms with E-state index in [2.05, 4.69) is 46.9 Å². The zero-order valence-electron chi connectivity index (χ0n) is 11.8.